The van der Waals surface area contributed by atoms with Gasteiger partial charge in [0.05, 0.1) is 6.54 Å². The smallest absolute Gasteiger partial charge is 0.328 e. The molecular weight excluding hydrogens is 280 g/mol. The van der Waals surface area contributed by atoms with Crippen LogP contribution in [-0.2, 0) is 18.4 Å². The molecule has 2 aromatic rings. The molecule has 0 aliphatic rings. The summed E-state index contributed by atoms with van der Waals surface area (Å²) in [6, 6.07) is 3.57. The van der Waals surface area contributed by atoms with E-state index in [0.717, 1.165) is 15.8 Å². The highest BCUT2D eigenvalue weighted by Gasteiger charge is 2.05. The molecule has 0 radical (unpaired) electrons. The van der Waals surface area contributed by atoms with Crippen molar-refractivity contribution in [1.82, 2.24) is 9.13 Å². The van der Waals surface area contributed by atoms with E-state index >= 15 is 0 Å². The van der Waals surface area contributed by atoms with Gasteiger partial charge < -0.3 is 14.2 Å². The summed E-state index contributed by atoms with van der Waals surface area (Å²) in [6.45, 7) is 0.292. The molecule has 2 rings (SSSR count). The zero-order chi connectivity index (χ0) is 14.7. The number of nitrogens with zero attached hydrogens (tertiary/aromatic N) is 2. The van der Waals surface area contributed by atoms with Crippen LogP contribution in [0.15, 0.2) is 40.2 Å². The van der Waals surface area contributed by atoms with Crippen LogP contribution in [0.3, 0.4) is 0 Å². The van der Waals surface area contributed by atoms with Crippen LogP contribution < -0.4 is 11.1 Å². The summed E-state index contributed by atoms with van der Waals surface area (Å²) in [5.74, 6) is -1.01. The molecule has 1 N–H and O–H groups in total. The number of aliphatic carboxylic acids is 1. The van der Waals surface area contributed by atoms with Crippen LogP contribution >= 0.6 is 11.3 Å². The number of hydrogen-bond acceptors (Lipinski definition) is 4. The molecule has 7 heteroatoms. The maximum Gasteiger partial charge on any atom is 0.328 e. The van der Waals surface area contributed by atoms with Gasteiger partial charge in [-0.1, -0.05) is 0 Å². The first-order valence-electron chi connectivity index (χ1n) is 5.73. The van der Waals surface area contributed by atoms with Crippen molar-refractivity contribution in [3.63, 3.8) is 0 Å². The third-order valence-electron chi connectivity index (χ3n) is 2.63. The molecule has 0 aliphatic carbocycles. The minimum Gasteiger partial charge on any atom is -0.478 e. The predicted octanol–water partition coefficient (Wildman–Crippen LogP) is 0.755. The predicted molar refractivity (Wildman–Crippen MR) is 76.0 cm³/mol. The van der Waals surface area contributed by atoms with Gasteiger partial charge >= 0.3 is 17.1 Å². The van der Waals surface area contributed by atoms with Crippen molar-refractivity contribution in [3.8, 4) is 0 Å². The lowest BCUT2D eigenvalue weighted by Crippen LogP contribution is -2.39. The van der Waals surface area contributed by atoms with Crippen LogP contribution in [0.4, 0.5) is 0 Å². The summed E-state index contributed by atoms with van der Waals surface area (Å²) in [7, 11) is 1.52. The minimum atomic E-state index is -1.01. The summed E-state index contributed by atoms with van der Waals surface area (Å²) in [5.41, 5.74) is -1.15. The van der Waals surface area contributed by atoms with Gasteiger partial charge in [-0.25, -0.2) is 4.79 Å². The van der Waals surface area contributed by atoms with E-state index < -0.39 is 17.1 Å². The van der Waals surface area contributed by atoms with Gasteiger partial charge in [-0.15, -0.1) is 11.3 Å². The minimum absolute atomic E-state index is 0.292. The van der Waals surface area contributed by atoms with E-state index in [1.165, 1.54) is 39.8 Å². The van der Waals surface area contributed by atoms with Gasteiger partial charge in [-0.2, -0.15) is 0 Å². The highest BCUT2D eigenvalue weighted by molar-refractivity contribution is 7.12. The topological polar surface area (TPSA) is 81.3 Å². The summed E-state index contributed by atoms with van der Waals surface area (Å²) >= 11 is 1.37. The van der Waals surface area contributed by atoms with E-state index in [0.29, 0.717) is 6.54 Å². The van der Waals surface area contributed by atoms with E-state index in [2.05, 4.69) is 0 Å². The van der Waals surface area contributed by atoms with Crippen molar-refractivity contribution in [1.29, 1.82) is 0 Å². The van der Waals surface area contributed by atoms with Gasteiger partial charge in [0.25, 0.3) is 0 Å². The molecule has 0 aromatic carbocycles. The normalized spacial score (nSPS) is 11.1. The van der Waals surface area contributed by atoms with Crippen LogP contribution in [0.1, 0.15) is 9.75 Å². The molecule has 0 amide bonds. The molecule has 104 valence electrons. The Morgan fingerprint density at radius 3 is 2.75 bits per heavy atom. The summed E-state index contributed by atoms with van der Waals surface area (Å²) < 4.78 is 2.56. The average molecular weight is 292 g/mol. The van der Waals surface area contributed by atoms with Crippen molar-refractivity contribution in [2.75, 3.05) is 0 Å². The second-order valence-electron chi connectivity index (χ2n) is 4.12. The first-order chi connectivity index (χ1) is 9.47. The molecule has 0 atom stereocenters. The van der Waals surface area contributed by atoms with Crippen LogP contribution in [0.25, 0.3) is 6.08 Å². The Morgan fingerprint density at radius 1 is 1.30 bits per heavy atom. The van der Waals surface area contributed by atoms with E-state index in [1.54, 1.807) is 18.3 Å². The van der Waals surface area contributed by atoms with Crippen molar-refractivity contribution < 1.29 is 9.90 Å². The Hall–Kier alpha value is -2.41. The molecule has 0 unspecified atom stereocenters. The number of thiophene rings is 1. The zero-order valence-corrected chi connectivity index (χ0v) is 11.5. The van der Waals surface area contributed by atoms with Crippen LogP contribution in [0.2, 0.25) is 0 Å². The van der Waals surface area contributed by atoms with E-state index in [-0.39, 0.29) is 0 Å². The van der Waals surface area contributed by atoms with Gasteiger partial charge in [0.15, 0.2) is 0 Å². The van der Waals surface area contributed by atoms with E-state index in [1.807, 2.05) is 0 Å². The van der Waals surface area contributed by atoms with Crippen LogP contribution in [0.5, 0.6) is 0 Å². The summed E-state index contributed by atoms with van der Waals surface area (Å²) in [6.07, 6.45) is 5.63. The molecule has 0 saturated heterocycles. The quantitative estimate of drug-likeness (QED) is 0.666. The second kappa shape index (κ2) is 5.70. The molecule has 0 bridgehead atoms. The molecule has 0 saturated carbocycles. The maximum absolute atomic E-state index is 11.8. The van der Waals surface area contributed by atoms with Crippen molar-refractivity contribution in [2.24, 2.45) is 7.05 Å². The number of carboxylic acid groups (broad SMARTS) is 1. The summed E-state index contributed by atoms with van der Waals surface area (Å²) in [4.78, 5) is 35.3. The van der Waals surface area contributed by atoms with Gasteiger partial charge in [0, 0.05) is 35.3 Å². The number of aryl methyl sites for hydroxylation is 1. The van der Waals surface area contributed by atoms with Crippen molar-refractivity contribution in [3.05, 3.63) is 61.1 Å². The largest absolute Gasteiger partial charge is 0.478 e. The molecular formula is C13H12N2O4S. The fraction of sp³-hybridized carbons (Fsp3) is 0.154. The van der Waals surface area contributed by atoms with Gasteiger partial charge in [0.2, 0.25) is 0 Å². The Morgan fingerprint density at radius 2 is 2.05 bits per heavy atom. The number of rotatable bonds is 4. The number of hydrogen-bond donors (Lipinski definition) is 1. The first kappa shape index (κ1) is 14.0. The van der Waals surface area contributed by atoms with Crippen molar-refractivity contribution >= 4 is 23.4 Å². The number of carboxylic acids is 1. The molecule has 2 aromatic heterocycles. The molecule has 0 spiro atoms. The molecule has 0 aliphatic heterocycles. The van der Waals surface area contributed by atoms with Gasteiger partial charge in [-0.3, -0.25) is 9.59 Å². The van der Waals surface area contributed by atoms with Crippen LogP contribution in [0, 0.1) is 0 Å². The Kier molecular flexibility index (Phi) is 3.99. The standard InChI is InChI=1S/C13H12N2O4S/c1-14-6-7-15(13(19)12(14)18)8-10-3-2-9(20-10)4-5-11(16)17/h2-7H,8H2,1H3,(H,16,17). The third-order valence-corrected chi connectivity index (χ3v) is 3.67. The lowest BCUT2D eigenvalue weighted by molar-refractivity contribution is -0.131. The molecule has 6 nitrogen and oxygen atoms in total. The maximum atomic E-state index is 11.8. The average Bonchev–Trinajstić information content (AvgIpc) is 2.85. The molecule has 20 heavy (non-hydrogen) atoms. The van der Waals surface area contributed by atoms with Crippen LogP contribution in [-0.4, -0.2) is 20.2 Å². The third kappa shape index (κ3) is 3.12. The first-order valence-corrected chi connectivity index (χ1v) is 6.55. The highest BCUT2D eigenvalue weighted by Crippen LogP contribution is 2.18. The Bertz CT molecular complexity index is 782. The highest BCUT2D eigenvalue weighted by atomic mass is 32.1. The van der Waals surface area contributed by atoms with Crippen molar-refractivity contribution in [2.45, 2.75) is 6.54 Å². The fourth-order valence-corrected chi connectivity index (χ4v) is 2.52. The monoisotopic (exact) mass is 292 g/mol. The van der Waals surface area contributed by atoms with E-state index in [9.17, 15) is 14.4 Å². The Balaban J connectivity index is 2.24. The molecule has 2 heterocycles. The van der Waals surface area contributed by atoms with E-state index in [4.69, 9.17) is 5.11 Å². The lowest BCUT2D eigenvalue weighted by Gasteiger charge is -2.03. The summed E-state index contributed by atoms with van der Waals surface area (Å²) in [5, 5.41) is 8.55. The zero-order valence-electron chi connectivity index (χ0n) is 10.6. The Labute approximate surface area is 117 Å². The second-order valence-corrected chi connectivity index (χ2v) is 5.32. The fourth-order valence-electron chi connectivity index (χ4n) is 1.60. The number of carbonyl (C=O) groups is 1. The van der Waals surface area contributed by atoms with Gasteiger partial charge in [0.1, 0.15) is 0 Å². The van der Waals surface area contributed by atoms with Gasteiger partial charge in [-0.05, 0) is 18.2 Å². The lowest BCUT2D eigenvalue weighted by atomic mass is 10.4. The molecule has 0 fully saturated rings. The SMILES string of the molecule is Cn1ccn(Cc2ccc(C=CC(=O)O)s2)c(=O)c1=O. The number of aromatic nitrogens is 2.